The molecular formula is C13H26N2O2S2. The van der Waals surface area contributed by atoms with Gasteiger partial charge in [-0.15, -0.1) is 0 Å². The van der Waals surface area contributed by atoms with Crippen molar-refractivity contribution in [2.45, 2.75) is 64.2 Å². The third-order valence-corrected chi connectivity index (χ3v) is 6.46. The van der Waals surface area contributed by atoms with Crippen LogP contribution in [0.2, 0.25) is 0 Å². The number of hydrogen-bond donors (Lipinski definition) is 2. The standard InChI is InChI=1S/C13H26N2O2S2/c1-4-12(13(14)18)19(16,17)15-11-8-6-5-7-10(11)9(2)3/h9-12,15H,4-8H2,1-3H3,(H2,14,18). The molecule has 1 rings (SSSR count). The van der Waals surface area contributed by atoms with Gasteiger partial charge in [0.15, 0.2) is 0 Å². The van der Waals surface area contributed by atoms with E-state index in [1.807, 2.05) is 0 Å². The zero-order chi connectivity index (χ0) is 14.6. The first-order valence-corrected chi connectivity index (χ1v) is 9.05. The van der Waals surface area contributed by atoms with Crippen LogP contribution in [0.3, 0.4) is 0 Å². The van der Waals surface area contributed by atoms with E-state index in [1.54, 1.807) is 6.92 Å². The molecule has 0 spiro atoms. The Labute approximate surface area is 122 Å². The number of hydrogen-bond acceptors (Lipinski definition) is 3. The van der Waals surface area contributed by atoms with Gasteiger partial charge >= 0.3 is 0 Å². The fourth-order valence-corrected chi connectivity index (χ4v) is 5.14. The molecule has 1 aliphatic rings. The van der Waals surface area contributed by atoms with Crippen molar-refractivity contribution in [3.63, 3.8) is 0 Å². The number of nitrogens with one attached hydrogen (secondary N) is 1. The fraction of sp³-hybridized carbons (Fsp3) is 0.923. The number of rotatable bonds is 6. The van der Waals surface area contributed by atoms with Gasteiger partial charge in [0.2, 0.25) is 10.0 Å². The maximum Gasteiger partial charge on any atom is 0.221 e. The lowest BCUT2D eigenvalue weighted by atomic mass is 9.78. The van der Waals surface area contributed by atoms with E-state index >= 15 is 0 Å². The van der Waals surface area contributed by atoms with Crippen molar-refractivity contribution in [2.24, 2.45) is 17.6 Å². The minimum absolute atomic E-state index is 0.0298. The van der Waals surface area contributed by atoms with Crippen molar-refractivity contribution in [3.05, 3.63) is 0 Å². The summed E-state index contributed by atoms with van der Waals surface area (Å²) in [4.78, 5) is 0.0620. The normalized spacial score (nSPS) is 26.3. The number of sulfonamides is 1. The van der Waals surface area contributed by atoms with Crippen LogP contribution in [-0.4, -0.2) is 24.7 Å². The van der Waals surface area contributed by atoms with Gasteiger partial charge in [0, 0.05) is 6.04 Å². The van der Waals surface area contributed by atoms with Crippen LogP contribution in [0.5, 0.6) is 0 Å². The van der Waals surface area contributed by atoms with Crippen molar-refractivity contribution >= 4 is 27.2 Å². The van der Waals surface area contributed by atoms with E-state index in [0.29, 0.717) is 18.3 Å². The Kier molecular flexibility index (Phi) is 6.20. The minimum Gasteiger partial charge on any atom is -0.392 e. The second-order valence-corrected chi connectivity index (χ2v) is 8.13. The van der Waals surface area contributed by atoms with Crippen LogP contribution < -0.4 is 10.5 Å². The maximum atomic E-state index is 12.4. The summed E-state index contributed by atoms with van der Waals surface area (Å²) >= 11 is 4.87. The van der Waals surface area contributed by atoms with Crippen molar-refractivity contribution in [3.8, 4) is 0 Å². The summed E-state index contributed by atoms with van der Waals surface area (Å²) in [6.45, 7) is 6.11. The number of thiocarbonyl (C=S) groups is 1. The average Bonchev–Trinajstić information content (AvgIpc) is 2.28. The first-order chi connectivity index (χ1) is 8.79. The molecule has 1 fully saturated rings. The summed E-state index contributed by atoms with van der Waals surface area (Å²) in [5.74, 6) is 0.894. The molecule has 0 aromatic carbocycles. The predicted octanol–water partition coefficient (Wildman–Crippen LogP) is 2.19. The molecule has 0 saturated heterocycles. The third-order valence-electron chi connectivity index (χ3n) is 4.05. The summed E-state index contributed by atoms with van der Waals surface area (Å²) < 4.78 is 27.6. The molecule has 4 nitrogen and oxygen atoms in total. The van der Waals surface area contributed by atoms with Gasteiger partial charge < -0.3 is 5.73 Å². The summed E-state index contributed by atoms with van der Waals surface area (Å²) in [5.41, 5.74) is 5.55. The quantitative estimate of drug-likeness (QED) is 0.738. The van der Waals surface area contributed by atoms with E-state index in [9.17, 15) is 8.42 Å². The van der Waals surface area contributed by atoms with E-state index in [1.165, 1.54) is 6.42 Å². The Hall–Kier alpha value is -0.200. The molecule has 6 heteroatoms. The zero-order valence-corrected chi connectivity index (χ0v) is 13.7. The molecule has 0 aromatic heterocycles. The van der Waals surface area contributed by atoms with E-state index in [4.69, 9.17) is 18.0 Å². The molecule has 1 saturated carbocycles. The Morgan fingerprint density at radius 2 is 1.95 bits per heavy atom. The molecule has 112 valence electrons. The molecular weight excluding hydrogens is 280 g/mol. The fourth-order valence-electron chi connectivity index (χ4n) is 2.97. The second kappa shape index (κ2) is 6.99. The minimum atomic E-state index is -3.45. The number of nitrogens with two attached hydrogens (primary N) is 1. The van der Waals surface area contributed by atoms with E-state index in [0.717, 1.165) is 19.3 Å². The summed E-state index contributed by atoms with van der Waals surface area (Å²) in [7, 11) is -3.45. The van der Waals surface area contributed by atoms with Crippen LogP contribution in [0, 0.1) is 11.8 Å². The highest BCUT2D eigenvalue weighted by Crippen LogP contribution is 2.31. The average molecular weight is 306 g/mol. The largest absolute Gasteiger partial charge is 0.392 e. The van der Waals surface area contributed by atoms with E-state index < -0.39 is 15.3 Å². The molecule has 0 bridgehead atoms. The molecule has 0 aromatic rings. The summed E-state index contributed by atoms with van der Waals surface area (Å²) in [5, 5.41) is -0.753. The molecule has 0 aliphatic heterocycles. The van der Waals surface area contributed by atoms with Gasteiger partial charge in [-0.3, -0.25) is 0 Å². The smallest absolute Gasteiger partial charge is 0.221 e. The van der Waals surface area contributed by atoms with Crippen LogP contribution in [0.25, 0.3) is 0 Å². The molecule has 0 heterocycles. The highest BCUT2D eigenvalue weighted by atomic mass is 32.2. The summed E-state index contributed by atoms with van der Waals surface area (Å²) in [6, 6.07) is 0.0298. The van der Waals surface area contributed by atoms with Gasteiger partial charge in [-0.25, -0.2) is 13.1 Å². The molecule has 0 amide bonds. The molecule has 1 aliphatic carbocycles. The predicted molar refractivity (Wildman–Crippen MR) is 83.5 cm³/mol. The highest BCUT2D eigenvalue weighted by molar-refractivity contribution is 7.93. The Balaban J connectivity index is 2.83. The van der Waals surface area contributed by atoms with Crippen LogP contribution >= 0.6 is 12.2 Å². The van der Waals surface area contributed by atoms with Crippen LogP contribution in [-0.2, 0) is 10.0 Å². The van der Waals surface area contributed by atoms with E-state index in [-0.39, 0.29) is 11.0 Å². The molecule has 19 heavy (non-hydrogen) atoms. The van der Waals surface area contributed by atoms with Crippen LogP contribution in [0.1, 0.15) is 52.9 Å². The Morgan fingerprint density at radius 1 is 1.37 bits per heavy atom. The second-order valence-electron chi connectivity index (χ2n) is 5.76. The van der Waals surface area contributed by atoms with Crippen LogP contribution in [0.15, 0.2) is 0 Å². The van der Waals surface area contributed by atoms with Gasteiger partial charge in [-0.05, 0) is 31.1 Å². The summed E-state index contributed by atoms with van der Waals surface area (Å²) in [6.07, 6.45) is 4.70. The molecule has 3 N–H and O–H groups in total. The highest BCUT2D eigenvalue weighted by Gasteiger charge is 2.34. The maximum absolute atomic E-state index is 12.4. The lowest BCUT2D eigenvalue weighted by Crippen LogP contribution is -2.49. The molecule has 3 atom stereocenters. The van der Waals surface area contributed by atoms with Gasteiger partial charge in [0.05, 0.1) is 4.99 Å². The van der Waals surface area contributed by atoms with Gasteiger partial charge in [-0.1, -0.05) is 45.8 Å². The SMILES string of the molecule is CCC(C(N)=S)S(=O)(=O)NC1CCCCC1C(C)C. The van der Waals surface area contributed by atoms with E-state index in [2.05, 4.69) is 18.6 Å². The topological polar surface area (TPSA) is 72.2 Å². The lowest BCUT2D eigenvalue weighted by molar-refractivity contribution is 0.226. The van der Waals surface area contributed by atoms with Gasteiger partial charge in [-0.2, -0.15) is 0 Å². The zero-order valence-electron chi connectivity index (χ0n) is 12.1. The van der Waals surface area contributed by atoms with Crippen molar-refractivity contribution in [2.75, 3.05) is 0 Å². The first-order valence-electron chi connectivity index (χ1n) is 7.10. The molecule has 3 unspecified atom stereocenters. The Morgan fingerprint density at radius 3 is 2.42 bits per heavy atom. The molecule has 0 radical (unpaired) electrons. The first kappa shape index (κ1) is 16.9. The Bertz CT molecular complexity index is 407. The lowest BCUT2D eigenvalue weighted by Gasteiger charge is -2.35. The van der Waals surface area contributed by atoms with Gasteiger partial charge in [0.1, 0.15) is 5.25 Å². The van der Waals surface area contributed by atoms with Crippen LogP contribution in [0.4, 0.5) is 0 Å². The van der Waals surface area contributed by atoms with Gasteiger partial charge in [0.25, 0.3) is 0 Å². The van der Waals surface area contributed by atoms with Crippen molar-refractivity contribution in [1.82, 2.24) is 4.72 Å². The third kappa shape index (κ3) is 4.39. The van der Waals surface area contributed by atoms with Crippen molar-refractivity contribution < 1.29 is 8.42 Å². The van der Waals surface area contributed by atoms with Crippen molar-refractivity contribution in [1.29, 1.82) is 0 Å². The monoisotopic (exact) mass is 306 g/mol.